The first kappa shape index (κ1) is 18.6. The number of nitrogen functional groups attached to an aromatic ring is 1. The van der Waals surface area contributed by atoms with Gasteiger partial charge in [0.25, 0.3) is 11.6 Å². The number of nitrogens with two attached hydrogens (primary N) is 1. The molecule has 1 saturated heterocycles. The third kappa shape index (κ3) is 3.86. The summed E-state index contributed by atoms with van der Waals surface area (Å²) >= 11 is 0. The summed E-state index contributed by atoms with van der Waals surface area (Å²) in [5.41, 5.74) is 6.56. The second-order valence-electron chi connectivity index (χ2n) is 5.54. The lowest BCUT2D eigenvalue weighted by molar-refractivity contribution is -0.383. The van der Waals surface area contributed by atoms with Gasteiger partial charge in [0.05, 0.1) is 11.0 Å². The maximum absolute atomic E-state index is 12.9. The summed E-state index contributed by atoms with van der Waals surface area (Å²) in [4.78, 5) is 29.2. The van der Waals surface area contributed by atoms with Crippen molar-refractivity contribution in [3.8, 4) is 0 Å². The molecule has 132 valence electrons. The van der Waals surface area contributed by atoms with Crippen LogP contribution in [0.2, 0.25) is 0 Å². The molecule has 0 aliphatic carbocycles. The van der Waals surface area contributed by atoms with Crippen LogP contribution in [0.5, 0.6) is 0 Å². The molecule has 3 N–H and O–H groups in total. The van der Waals surface area contributed by atoms with Crippen molar-refractivity contribution in [2.75, 3.05) is 25.4 Å². The van der Waals surface area contributed by atoms with Gasteiger partial charge in [0, 0.05) is 43.7 Å². The summed E-state index contributed by atoms with van der Waals surface area (Å²) in [5.74, 6) is -0.256. The minimum Gasteiger partial charge on any atom is -0.393 e. The third-order valence-corrected chi connectivity index (χ3v) is 4.05. The largest absolute Gasteiger partial charge is 0.393 e. The zero-order chi connectivity index (χ0) is 17.1. The number of amides is 1. The Morgan fingerprint density at radius 2 is 2.20 bits per heavy atom. The van der Waals surface area contributed by atoms with Gasteiger partial charge in [0.1, 0.15) is 5.69 Å². The maximum atomic E-state index is 12.9. The lowest BCUT2D eigenvalue weighted by Gasteiger charge is -2.36. The van der Waals surface area contributed by atoms with Gasteiger partial charge in [-0.2, -0.15) is 0 Å². The number of hydrogen-bond acceptors (Lipinski definition) is 6. The van der Waals surface area contributed by atoms with Gasteiger partial charge in [0.15, 0.2) is 0 Å². The second kappa shape index (κ2) is 7.91. The topological polar surface area (TPSA) is 114 Å². The Balaban J connectivity index is 0.00000225. The molecule has 2 heterocycles. The van der Waals surface area contributed by atoms with Crippen molar-refractivity contribution in [1.82, 2.24) is 15.2 Å². The number of nitro groups is 1. The molecule has 1 aromatic heterocycles. The molecule has 1 atom stereocenters. The average Bonchev–Trinajstić information content (AvgIpc) is 2.62. The number of nitro benzene ring substituents is 1. The van der Waals surface area contributed by atoms with Gasteiger partial charge < -0.3 is 16.0 Å². The van der Waals surface area contributed by atoms with E-state index in [2.05, 4.69) is 10.3 Å². The van der Waals surface area contributed by atoms with Crippen molar-refractivity contribution >= 4 is 29.7 Å². The Morgan fingerprint density at radius 1 is 1.40 bits per heavy atom. The number of anilines is 1. The van der Waals surface area contributed by atoms with E-state index >= 15 is 0 Å². The van der Waals surface area contributed by atoms with Crippen LogP contribution in [-0.2, 0) is 0 Å². The van der Waals surface area contributed by atoms with Gasteiger partial charge >= 0.3 is 0 Å². The molecule has 9 heteroatoms. The molecule has 1 fully saturated rings. The molecule has 0 bridgehead atoms. The summed E-state index contributed by atoms with van der Waals surface area (Å²) in [6.45, 7) is 1.78. The van der Waals surface area contributed by atoms with Crippen LogP contribution >= 0.6 is 12.4 Å². The lowest BCUT2D eigenvalue weighted by atomic mass is 10.0. The van der Waals surface area contributed by atoms with Crippen molar-refractivity contribution < 1.29 is 9.72 Å². The molecule has 0 spiro atoms. The van der Waals surface area contributed by atoms with Crippen molar-refractivity contribution in [3.63, 3.8) is 0 Å². The molecule has 1 unspecified atom stereocenters. The number of pyridine rings is 1. The molecular weight excluding hydrogens is 346 g/mol. The monoisotopic (exact) mass is 363 g/mol. The van der Waals surface area contributed by atoms with Crippen molar-refractivity contribution in [3.05, 3.63) is 64.0 Å². The van der Waals surface area contributed by atoms with E-state index in [-0.39, 0.29) is 41.3 Å². The van der Waals surface area contributed by atoms with E-state index in [0.29, 0.717) is 19.6 Å². The highest BCUT2D eigenvalue weighted by molar-refractivity contribution is 5.96. The number of piperazine rings is 1. The van der Waals surface area contributed by atoms with Crippen LogP contribution in [0.25, 0.3) is 0 Å². The van der Waals surface area contributed by atoms with Crippen LogP contribution in [0.4, 0.5) is 11.4 Å². The van der Waals surface area contributed by atoms with Gasteiger partial charge in [-0.15, -0.1) is 12.4 Å². The van der Waals surface area contributed by atoms with Gasteiger partial charge in [-0.3, -0.25) is 19.9 Å². The zero-order valence-corrected chi connectivity index (χ0v) is 14.1. The number of carbonyl (C=O) groups excluding carboxylic acids is 1. The van der Waals surface area contributed by atoms with Gasteiger partial charge in [-0.05, 0) is 23.8 Å². The molecule has 0 radical (unpaired) electrons. The quantitative estimate of drug-likeness (QED) is 0.488. The summed E-state index contributed by atoms with van der Waals surface area (Å²) in [5, 5.41) is 14.3. The van der Waals surface area contributed by atoms with Gasteiger partial charge in [-0.25, -0.2) is 0 Å². The fraction of sp³-hybridized carbons (Fsp3) is 0.250. The first-order valence-corrected chi connectivity index (χ1v) is 7.53. The second-order valence-corrected chi connectivity index (χ2v) is 5.54. The highest BCUT2D eigenvalue weighted by Crippen LogP contribution is 2.27. The number of benzene rings is 1. The van der Waals surface area contributed by atoms with Crippen molar-refractivity contribution in [1.29, 1.82) is 0 Å². The first-order valence-electron chi connectivity index (χ1n) is 7.53. The van der Waals surface area contributed by atoms with Gasteiger partial charge in [-0.1, -0.05) is 6.07 Å². The molecule has 25 heavy (non-hydrogen) atoms. The molecule has 1 amide bonds. The molecule has 3 rings (SSSR count). The fourth-order valence-corrected chi connectivity index (χ4v) is 2.82. The number of rotatable bonds is 3. The lowest BCUT2D eigenvalue weighted by Crippen LogP contribution is -2.48. The molecular formula is C16H18ClN5O3. The number of nitrogens with zero attached hydrogens (tertiary/aromatic N) is 3. The minimum absolute atomic E-state index is 0. The van der Waals surface area contributed by atoms with Crippen LogP contribution in [0.15, 0.2) is 42.7 Å². The Bertz CT molecular complexity index is 772. The van der Waals surface area contributed by atoms with Crippen molar-refractivity contribution in [2.45, 2.75) is 6.04 Å². The zero-order valence-electron chi connectivity index (χ0n) is 13.3. The Kier molecular flexibility index (Phi) is 5.89. The third-order valence-electron chi connectivity index (χ3n) is 4.05. The van der Waals surface area contributed by atoms with Crippen LogP contribution in [0, 0.1) is 10.1 Å². The Hall–Kier alpha value is -2.71. The Morgan fingerprint density at radius 3 is 2.88 bits per heavy atom. The van der Waals surface area contributed by atoms with Crippen LogP contribution in [0.1, 0.15) is 22.0 Å². The van der Waals surface area contributed by atoms with E-state index in [9.17, 15) is 14.9 Å². The van der Waals surface area contributed by atoms with E-state index in [1.807, 2.05) is 12.1 Å². The van der Waals surface area contributed by atoms with Crippen LogP contribution in [-0.4, -0.2) is 40.3 Å². The molecule has 1 aromatic carbocycles. The Labute approximate surface area is 150 Å². The maximum Gasteiger partial charge on any atom is 0.292 e. The SMILES string of the molecule is Cl.Nc1ccc(C(=O)N2CCNCC2c2cccnc2)cc1[N+](=O)[O-]. The number of hydrogen-bond donors (Lipinski definition) is 2. The average molecular weight is 364 g/mol. The summed E-state index contributed by atoms with van der Waals surface area (Å²) in [7, 11) is 0. The molecule has 0 saturated carbocycles. The van der Waals surface area contributed by atoms with E-state index in [1.165, 1.54) is 18.2 Å². The number of halogens is 1. The smallest absolute Gasteiger partial charge is 0.292 e. The molecule has 1 aliphatic rings. The standard InChI is InChI=1S/C16H17N5O3.ClH/c17-13-4-3-11(8-14(13)21(23)24)16(22)20-7-6-19-10-15(20)12-2-1-5-18-9-12;/h1-5,8-9,15,19H,6-7,10,17H2;1H. The first-order chi connectivity index (χ1) is 11.6. The summed E-state index contributed by atoms with van der Waals surface area (Å²) < 4.78 is 0. The van der Waals surface area contributed by atoms with E-state index in [1.54, 1.807) is 17.3 Å². The van der Waals surface area contributed by atoms with Crippen LogP contribution in [0.3, 0.4) is 0 Å². The highest BCUT2D eigenvalue weighted by atomic mass is 35.5. The van der Waals surface area contributed by atoms with Crippen molar-refractivity contribution in [2.24, 2.45) is 0 Å². The van der Waals surface area contributed by atoms with Crippen LogP contribution < -0.4 is 11.1 Å². The predicted octanol–water partition coefficient (Wildman–Crippen LogP) is 1.78. The van der Waals surface area contributed by atoms with E-state index in [0.717, 1.165) is 5.56 Å². The predicted molar refractivity (Wildman–Crippen MR) is 95.6 cm³/mol. The summed E-state index contributed by atoms with van der Waals surface area (Å²) in [6, 6.07) is 7.72. The fourth-order valence-electron chi connectivity index (χ4n) is 2.82. The number of carbonyl (C=O) groups is 1. The number of aromatic nitrogens is 1. The van der Waals surface area contributed by atoms with E-state index in [4.69, 9.17) is 5.73 Å². The number of nitrogens with one attached hydrogen (secondary N) is 1. The molecule has 2 aromatic rings. The highest BCUT2D eigenvalue weighted by Gasteiger charge is 2.29. The molecule has 1 aliphatic heterocycles. The summed E-state index contributed by atoms with van der Waals surface area (Å²) in [6.07, 6.45) is 3.40. The van der Waals surface area contributed by atoms with E-state index < -0.39 is 4.92 Å². The van der Waals surface area contributed by atoms with Gasteiger partial charge in [0.2, 0.25) is 0 Å². The normalized spacial score (nSPS) is 16.8. The minimum atomic E-state index is -0.581. The molecule has 8 nitrogen and oxygen atoms in total.